The van der Waals surface area contributed by atoms with Gasteiger partial charge in [-0.3, -0.25) is 0 Å². The van der Waals surface area contributed by atoms with E-state index in [4.69, 9.17) is 4.74 Å². The second-order valence-electron chi connectivity index (χ2n) is 7.13. The van der Waals surface area contributed by atoms with E-state index in [9.17, 15) is 18.0 Å². The number of halogens is 3. The topological polar surface area (TPSA) is 50.4 Å². The van der Waals surface area contributed by atoms with Gasteiger partial charge in [-0.15, -0.1) is 0 Å². The van der Waals surface area contributed by atoms with Gasteiger partial charge in [0.1, 0.15) is 6.04 Å². The van der Waals surface area contributed by atoms with Gasteiger partial charge < -0.3 is 15.4 Å². The molecule has 0 aromatic rings. The molecule has 7 heteroatoms. The van der Waals surface area contributed by atoms with Gasteiger partial charge in [0.25, 0.3) is 0 Å². The fourth-order valence-corrected chi connectivity index (χ4v) is 2.28. The van der Waals surface area contributed by atoms with Gasteiger partial charge in [0, 0.05) is 18.8 Å². The molecule has 0 saturated carbocycles. The van der Waals surface area contributed by atoms with Crippen LogP contribution >= 0.6 is 0 Å². The lowest BCUT2D eigenvalue weighted by atomic mass is 9.88. The number of ether oxygens (including phenoxy) is 1. The van der Waals surface area contributed by atoms with Gasteiger partial charge in [-0.25, -0.2) is 4.79 Å². The van der Waals surface area contributed by atoms with Gasteiger partial charge in [0.05, 0.1) is 0 Å². The predicted octanol–water partition coefficient (Wildman–Crippen LogP) is 3.22. The first-order valence-electron chi connectivity index (χ1n) is 7.14. The molecule has 0 aromatic heterocycles. The smallest absolute Gasteiger partial charge is 0.381 e. The molecule has 4 nitrogen and oxygen atoms in total. The lowest BCUT2D eigenvalue weighted by Crippen LogP contribution is -2.57. The molecule has 2 amide bonds. The highest BCUT2D eigenvalue weighted by atomic mass is 19.4. The van der Waals surface area contributed by atoms with E-state index in [0.717, 1.165) is 0 Å². The minimum absolute atomic E-state index is 0.163. The molecule has 1 atom stereocenters. The zero-order chi connectivity index (χ0) is 16.3. The van der Waals surface area contributed by atoms with Crippen LogP contribution in [0.5, 0.6) is 0 Å². The van der Waals surface area contributed by atoms with Gasteiger partial charge in [0.15, 0.2) is 0 Å². The van der Waals surface area contributed by atoms with Crippen molar-refractivity contribution in [2.45, 2.75) is 64.7 Å². The molecular weight excluding hydrogens is 285 g/mol. The van der Waals surface area contributed by atoms with E-state index in [1.54, 1.807) is 20.8 Å². The Bertz CT molecular complexity index is 358. The van der Waals surface area contributed by atoms with Gasteiger partial charge in [-0.2, -0.15) is 13.2 Å². The van der Waals surface area contributed by atoms with Crippen LogP contribution in [0.2, 0.25) is 0 Å². The number of nitrogens with one attached hydrogen (secondary N) is 2. The van der Waals surface area contributed by atoms with E-state index in [-0.39, 0.29) is 6.42 Å². The Morgan fingerprint density at radius 1 is 1.24 bits per heavy atom. The van der Waals surface area contributed by atoms with Crippen LogP contribution in [0.25, 0.3) is 0 Å². The molecule has 1 aliphatic heterocycles. The van der Waals surface area contributed by atoms with Crippen LogP contribution in [0.15, 0.2) is 0 Å². The number of hydrogen-bond acceptors (Lipinski definition) is 2. The molecule has 1 aliphatic rings. The average Bonchev–Trinajstić information content (AvgIpc) is 2.25. The van der Waals surface area contributed by atoms with Crippen LogP contribution in [0, 0.1) is 5.41 Å². The Kier molecular flexibility index (Phi) is 5.52. The molecule has 21 heavy (non-hydrogen) atoms. The van der Waals surface area contributed by atoms with Gasteiger partial charge >= 0.3 is 12.2 Å². The average molecular weight is 310 g/mol. The maximum Gasteiger partial charge on any atom is 0.408 e. The van der Waals surface area contributed by atoms with E-state index < -0.39 is 29.2 Å². The SMILES string of the molecule is CC(C)(C)CC(NC(=O)NC1(C)CCOCC1)C(F)(F)F. The Hall–Kier alpha value is -0.980. The summed E-state index contributed by atoms with van der Waals surface area (Å²) in [4.78, 5) is 11.9. The minimum atomic E-state index is -4.46. The van der Waals surface area contributed by atoms with Crippen molar-refractivity contribution in [2.24, 2.45) is 5.41 Å². The van der Waals surface area contributed by atoms with Crippen molar-refractivity contribution in [3.63, 3.8) is 0 Å². The zero-order valence-corrected chi connectivity index (χ0v) is 13.1. The molecule has 1 unspecified atom stereocenters. The second-order valence-corrected chi connectivity index (χ2v) is 7.13. The lowest BCUT2D eigenvalue weighted by molar-refractivity contribution is -0.159. The third-order valence-corrected chi connectivity index (χ3v) is 3.53. The van der Waals surface area contributed by atoms with E-state index in [1.807, 2.05) is 6.92 Å². The van der Waals surface area contributed by atoms with Crippen molar-refractivity contribution in [1.29, 1.82) is 0 Å². The number of carbonyl (C=O) groups is 1. The largest absolute Gasteiger partial charge is 0.408 e. The van der Waals surface area contributed by atoms with Gasteiger partial charge in [-0.1, -0.05) is 20.8 Å². The monoisotopic (exact) mass is 310 g/mol. The molecule has 1 fully saturated rings. The first-order chi connectivity index (χ1) is 9.41. The lowest BCUT2D eigenvalue weighted by Gasteiger charge is -2.35. The number of amides is 2. The number of alkyl halides is 3. The van der Waals surface area contributed by atoms with Crippen molar-refractivity contribution in [3.8, 4) is 0 Å². The highest BCUT2D eigenvalue weighted by molar-refractivity contribution is 5.75. The molecule has 0 aliphatic carbocycles. The van der Waals surface area contributed by atoms with E-state index in [0.29, 0.717) is 26.1 Å². The maximum atomic E-state index is 13.0. The minimum Gasteiger partial charge on any atom is -0.381 e. The number of urea groups is 1. The van der Waals surface area contributed by atoms with Crippen molar-refractivity contribution < 1.29 is 22.7 Å². The molecule has 0 aromatic carbocycles. The van der Waals surface area contributed by atoms with Crippen LogP contribution in [0.4, 0.5) is 18.0 Å². The molecule has 2 N–H and O–H groups in total. The van der Waals surface area contributed by atoms with E-state index in [2.05, 4.69) is 10.6 Å². The Morgan fingerprint density at radius 3 is 2.19 bits per heavy atom. The summed E-state index contributed by atoms with van der Waals surface area (Å²) in [6, 6.07) is -2.62. The molecule has 1 rings (SSSR count). The van der Waals surface area contributed by atoms with Crippen LogP contribution in [0.3, 0.4) is 0 Å². The highest BCUT2D eigenvalue weighted by Gasteiger charge is 2.43. The highest BCUT2D eigenvalue weighted by Crippen LogP contribution is 2.30. The van der Waals surface area contributed by atoms with Gasteiger partial charge in [-0.05, 0) is 31.6 Å². The first-order valence-corrected chi connectivity index (χ1v) is 7.14. The van der Waals surface area contributed by atoms with Crippen molar-refractivity contribution in [1.82, 2.24) is 10.6 Å². The number of rotatable bonds is 3. The van der Waals surface area contributed by atoms with Crippen LogP contribution in [-0.4, -0.2) is 37.0 Å². The van der Waals surface area contributed by atoms with E-state index in [1.165, 1.54) is 0 Å². The summed E-state index contributed by atoms with van der Waals surface area (Å²) in [6.45, 7) is 7.96. The summed E-state index contributed by atoms with van der Waals surface area (Å²) in [5, 5.41) is 4.72. The van der Waals surface area contributed by atoms with Crippen LogP contribution < -0.4 is 10.6 Å². The first kappa shape index (κ1) is 18.1. The third kappa shape index (κ3) is 6.54. The van der Waals surface area contributed by atoms with Crippen molar-refractivity contribution in [3.05, 3.63) is 0 Å². The fourth-order valence-electron chi connectivity index (χ4n) is 2.28. The molecule has 1 saturated heterocycles. The Morgan fingerprint density at radius 2 is 1.76 bits per heavy atom. The third-order valence-electron chi connectivity index (χ3n) is 3.53. The van der Waals surface area contributed by atoms with Crippen LogP contribution in [0.1, 0.15) is 47.0 Å². The number of hydrogen-bond donors (Lipinski definition) is 2. The number of carbonyl (C=O) groups excluding carboxylic acids is 1. The van der Waals surface area contributed by atoms with E-state index >= 15 is 0 Å². The maximum absolute atomic E-state index is 13.0. The standard InChI is InChI=1S/C14H25F3N2O2/c1-12(2,3)9-10(14(15,16)17)18-11(20)19-13(4)5-7-21-8-6-13/h10H,5-9H2,1-4H3,(H2,18,19,20). The summed E-state index contributed by atoms with van der Waals surface area (Å²) in [5.41, 5.74) is -1.05. The Balaban J connectivity index is 2.63. The molecule has 124 valence electrons. The molecule has 0 bridgehead atoms. The van der Waals surface area contributed by atoms with Crippen LogP contribution in [-0.2, 0) is 4.74 Å². The van der Waals surface area contributed by atoms with Crippen molar-refractivity contribution >= 4 is 6.03 Å². The van der Waals surface area contributed by atoms with Gasteiger partial charge in [0.2, 0.25) is 0 Å². The summed E-state index contributed by atoms with van der Waals surface area (Å²) in [7, 11) is 0. The summed E-state index contributed by atoms with van der Waals surface area (Å²) in [6.07, 6.45) is -3.43. The van der Waals surface area contributed by atoms with Crippen molar-refractivity contribution in [2.75, 3.05) is 13.2 Å². The molecule has 0 spiro atoms. The Labute approximate surface area is 123 Å². The predicted molar refractivity (Wildman–Crippen MR) is 74.0 cm³/mol. The molecule has 1 heterocycles. The molecule has 0 radical (unpaired) electrons. The summed E-state index contributed by atoms with van der Waals surface area (Å²) in [5.74, 6) is 0. The zero-order valence-electron chi connectivity index (χ0n) is 13.1. The quantitative estimate of drug-likeness (QED) is 0.841. The summed E-state index contributed by atoms with van der Waals surface area (Å²) < 4.78 is 44.3. The molecular formula is C14H25F3N2O2. The summed E-state index contributed by atoms with van der Waals surface area (Å²) >= 11 is 0. The second kappa shape index (κ2) is 6.42. The fraction of sp³-hybridized carbons (Fsp3) is 0.929. The normalized spacial score (nSPS) is 20.7.